The van der Waals surface area contributed by atoms with Crippen LogP contribution in [0.25, 0.3) is 10.8 Å². The van der Waals surface area contributed by atoms with Gasteiger partial charge in [0.1, 0.15) is 23.9 Å². The van der Waals surface area contributed by atoms with Crippen LogP contribution >= 0.6 is 0 Å². The highest BCUT2D eigenvalue weighted by atomic mass is 16.5. The molecule has 3 rings (SSSR count). The Morgan fingerprint density at radius 1 is 0.852 bits per heavy atom. The smallest absolute Gasteiger partial charge is 0.258 e. The van der Waals surface area contributed by atoms with Crippen molar-refractivity contribution < 1.29 is 19.0 Å². The van der Waals surface area contributed by atoms with Gasteiger partial charge in [-0.1, -0.05) is 36.4 Å². The molecule has 1 N–H and O–H groups in total. The van der Waals surface area contributed by atoms with E-state index < -0.39 is 0 Å². The summed E-state index contributed by atoms with van der Waals surface area (Å²) in [7, 11) is 0. The molecule has 0 saturated carbocycles. The minimum Gasteiger partial charge on any atom is -0.494 e. The van der Waals surface area contributed by atoms with Gasteiger partial charge in [0.15, 0.2) is 6.61 Å². The Kier molecular flexibility index (Phi) is 6.52. The van der Waals surface area contributed by atoms with Gasteiger partial charge < -0.3 is 19.5 Å². The highest BCUT2D eigenvalue weighted by Crippen LogP contribution is 2.24. The highest BCUT2D eigenvalue weighted by molar-refractivity contribution is 5.88. The maximum Gasteiger partial charge on any atom is 0.258 e. The van der Waals surface area contributed by atoms with Crippen LogP contribution in [0.1, 0.15) is 6.92 Å². The van der Waals surface area contributed by atoms with E-state index in [0.717, 1.165) is 22.3 Å². The molecule has 140 valence electrons. The van der Waals surface area contributed by atoms with Crippen molar-refractivity contribution >= 4 is 16.7 Å². The normalized spacial score (nSPS) is 10.4. The van der Waals surface area contributed by atoms with Gasteiger partial charge in [-0.15, -0.1) is 0 Å². The van der Waals surface area contributed by atoms with Gasteiger partial charge in [-0.05, 0) is 42.6 Å². The van der Waals surface area contributed by atoms with Crippen LogP contribution in [0.5, 0.6) is 17.2 Å². The second-order valence-electron chi connectivity index (χ2n) is 5.87. The zero-order valence-electron chi connectivity index (χ0n) is 15.3. The van der Waals surface area contributed by atoms with E-state index in [2.05, 4.69) is 5.32 Å². The largest absolute Gasteiger partial charge is 0.494 e. The molecule has 0 heterocycles. The van der Waals surface area contributed by atoms with E-state index in [9.17, 15) is 4.79 Å². The van der Waals surface area contributed by atoms with Crippen molar-refractivity contribution in [1.29, 1.82) is 0 Å². The lowest BCUT2D eigenvalue weighted by atomic mass is 10.1. The van der Waals surface area contributed by atoms with Gasteiger partial charge in [0.25, 0.3) is 5.91 Å². The first kappa shape index (κ1) is 18.6. The van der Waals surface area contributed by atoms with E-state index in [1.165, 1.54) is 0 Å². The first-order valence-electron chi connectivity index (χ1n) is 8.99. The van der Waals surface area contributed by atoms with Gasteiger partial charge in [0, 0.05) is 5.39 Å². The van der Waals surface area contributed by atoms with Crippen LogP contribution in [-0.4, -0.2) is 32.3 Å². The van der Waals surface area contributed by atoms with E-state index in [1.807, 2.05) is 73.7 Å². The summed E-state index contributed by atoms with van der Waals surface area (Å²) in [6.45, 7) is 3.33. The minimum absolute atomic E-state index is 0.0307. The molecule has 0 aromatic heterocycles. The van der Waals surface area contributed by atoms with Crippen molar-refractivity contribution in [3.05, 3.63) is 66.7 Å². The molecule has 0 bridgehead atoms. The maximum absolute atomic E-state index is 12.0. The molecule has 3 aromatic rings. The summed E-state index contributed by atoms with van der Waals surface area (Å²) in [5.74, 6) is 2.07. The van der Waals surface area contributed by atoms with Crippen molar-refractivity contribution in [2.75, 3.05) is 26.4 Å². The summed E-state index contributed by atoms with van der Waals surface area (Å²) in [4.78, 5) is 12.0. The third kappa shape index (κ3) is 5.38. The molecular weight excluding hydrogens is 342 g/mol. The van der Waals surface area contributed by atoms with Crippen LogP contribution in [0.2, 0.25) is 0 Å². The number of fused-ring (bicyclic) bond motifs is 1. The summed E-state index contributed by atoms with van der Waals surface area (Å²) in [6, 6.07) is 21.1. The summed E-state index contributed by atoms with van der Waals surface area (Å²) < 4.78 is 16.6. The molecule has 0 aliphatic carbocycles. The van der Waals surface area contributed by atoms with Gasteiger partial charge in [-0.2, -0.15) is 0 Å². The fraction of sp³-hybridized carbons (Fsp3) is 0.227. The van der Waals surface area contributed by atoms with Crippen LogP contribution in [-0.2, 0) is 4.79 Å². The summed E-state index contributed by atoms with van der Waals surface area (Å²) in [6.07, 6.45) is 0. The van der Waals surface area contributed by atoms with Gasteiger partial charge in [0.05, 0.1) is 13.2 Å². The third-order valence-electron chi connectivity index (χ3n) is 3.94. The van der Waals surface area contributed by atoms with Crippen molar-refractivity contribution in [1.82, 2.24) is 5.32 Å². The van der Waals surface area contributed by atoms with E-state index in [0.29, 0.717) is 25.5 Å². The number of benzene rings is 3. The Morgan fingerprint density at radius 3 is 2.33 bits per heavy atom. The van der Waals surface area contributed by atoms with E-state index in [1.54, 1.807) is 0 Å². The average molecular weight is 365 g/mol. The number of hydrogen-bond donors (Lipinski definition) is 1. The first-order valence-corrected chi connectivity index (χ1v) is 8.99. The number of amides is 1. The van der Waals surface area contributed by atoms with Gasteiger partial charge in [-0.25, -0.2) is 0 Å². The van der Waals surface area contributed by atoms with E-state index in [4.69, 9.17) is 14.2 Å². The number of rotatable bonds is 9. The maximum atomic E-state index is 12.0. The molecular formula is C22H23NO4. The Balaban J connectivity index is 1.39. The molecule has 0 atom stereocenters. The topological polar surface area (TPSA) is 56.8 Å². The lowest BCUT2D eigenvalue weighted by Crippen LogP contribution is -2.32. The first-order chi connectivity index (χ1) is 13.3. The quantitative estimate of drug-likeness (QED) is 0.586. The lowest BCUT2D eigenvalue weighted by Gasteiger charge is -2.11. The van der Waals surface area contributed by atoms with Crippen LogP contribution in [0, 0.1) is 0 Å². The average Bonchev–Trinajstić information content (AvgIpc) is 2.71. The molecule has 0 fully saturated rings. The molecule has 3 aromatic carbocycles. The van der Waals surface area contributed by atoms with Crippen LogP contribution in [0.4, 0.5) is 0 Å². The predicted molar refractivity (Wildman–Crippen MR) is 106 cm³/mol. The highest BCUT2D eigenvalue weighted by Gasteiger charge is 2.05. The Morgan fingerprint density at radius 2 is 1.56 bits per heavy atom. The zero-order chi connectivity index (χ0) is 18.9. The molecule has 0 aliphatic rings. The zero-order valence-corrected chi connectivity index (χ0v) is 15.3. The van der Waals surface area contributed by atoms with Crippen molar-refractivity contribution in [2.24, 2.45) is 0 Å². The Hall–Kier alpha value is -3.21. The molecule has 0 spiro atoms. The summed E-state index contributed by atoms with van der Waals surface area (Å²) >= 11 is 0. The van der Waals surface area contributed by atoms with Crippen molar-refractivity contribution in [3.8, 4) is 17.2 Å². The fourth-order valence-electron chi connectivity index (χ4n) is 2.67. The second-order valence-corrected chi connectivity index (χ2v) is 5.87. The molecule has 5 heteroatoms. The van der Waals surface area contributed by atoms with Crippen LogP contribution < -0.4 is 19.5 Å². The van der Waals surface area contributed by atoms with Gasteiger partial charge in [0.2, 0.25) is 0 Å². The molecule has 5 nitrogen and oxygen atoms in total. The molecule has 27 heavy (non-hydrogen) atoms. The van der Waals surface area contributed by atoms with Gasteiger partial charge >= 0.3 is 0 Å². The van der Waals surface area contributed by atoms with E-state index >= 15 is 0 Å². The SMILES string of the molecule is CCOc1ccc(OCCNC(=O)COc2cccc3ccccc23)cc1. The Labute approximate surface area is 158 Å². The molecule has 0 saturated heterocycles. The number of carbonyl (C=O) groups excluding carboxylic acids is 1. The predicted octanol–water partition coefficient (Wildman–Crippen LogP) is 3.81. The van der Waals surface area contributed by atoms with Crippen LogP contribution in [0.15, 0.2) is 66.7 Å². The third-order valence-corrected chi connectivity index (χ3v) is 3.94. The molecule has 1 amide bonds. The molecule has 0 radical (unpaired) electrons. The summed E-state index contributed by atoms with van der Waals surface area (Å²) in [5.41, 5.74) is 0. The Bertz CT molecular complexity index is 872. The number of ether oxygens (including phenoxy) is 3. The minimum atomic E-state index is -0.182. The summed E-state index contributed by atoms with van der Waals surface area (Å²) in [5, 5.41) is 4.86. The van der Waals surface area contributed by atoms with Crippen LogP contribution in [0.3, 0.4) is 0 Å². The van der Waals surface area contributed by atoms with Crippen molar-refractivity contribution in [3.63, 3.8) is 0 Å². The van der Waals surface area contributed by atoms with E-state index in [-0.39, 0.29) is 12.5 Å². The van der Waals surface area contributed by atoms with Crippen molar-refractivity contribution in [2.45, 2.75) is 6.92 Å². The standard InChI is InChI=1S/C22H23NO4/c1-2-25-18-10-12-19(13-11-18)26-15-14-23-22(24)16-27-21-9-5-7-17-6-3-4-8-20(17)21/h3-13H,2,14-16H2,1H3,(H,23,24). The number of hydrogen-bond acceptors (Lipinski definition) is 4. The molecule has 0 aliphatic heterocycles. The fourth-order valence-corrected chi connectivity index (χ4v) is 2.67. The van der Waals surface area contributed by atoms with Gasteiger partial charge in [-0.3, -0.25) is 4.79 Å². The number of nitrogens with one attached hydrogen (secondary N) is 1. The monoisotopic (exact) mass is 365 g/mol. The second kappa shape index (κ2) is 9.48. The molecule has 0 unspecified atom stereocenters. The lowest BCUT2D eigenvalue weighted by molar-refractivity contribution is -0.123. The number of carbonyl (C=O) groups is 1.